The van der Waals surface area contributed by atoms with Gasteiger partial charge in [-0.2, -0.15) is 16.7 Å². The van der Waals surface area contributed by atoms with Gasteiger partial charge in [0.15, 0.2) is 5.82 Å². The second kappa shape index (κ2) is 5.75. The maximum absolute atomic E-state index is 10.2. The zero-order chi connectivity index (χ0) is 11.3. The van der Waals surface area contributed by atoms with Crippen molar-refractivity contribution < 1.29 is 14.4 Å². The summed E-state index contributed by atoms with van der Waals surface area (Å²) in [4.78, 5) is 14.4. The van der Waals surface area contributed by atoms with E-state index in [1.54, 1.807) is 0 Å². The van der Waals surface area contributed by atoms with Crippen molar-refractivity contribution in [1.29, 1.82) is 0 Å². The maximum Gasteiger partial charge on any atom is 0.304 e. The number of rotatable bonds is 6. The number of aliphatic carboxylic acids is 1. The molecule has 0 aliphatic rings. The number of aromatic nitrogens is 2. The molecule has 0 bridgehead atoms. The van der Waals surface area contributed by atoms with E-state index in [2.05, 4.69) is 10.1 Å². The molecule has 0 aromatic carbocycles. The van der Waals surface area contributed by atoms with E-state index in [-0.39, 0.29) is 12.3 Å². The largest absolute Gasteiger partial charge is 0.481 e. The van der Waals surface area contributed by atoms with E-state index in [1.165, 1.54) is 11.8 Å². The van der Waals surface area contributed by atoms with Gasteiger partial charge in [-0.1, -0.05) is 19.0 Å². The van der Waals surface area contributed by atoms with Gasteiger partial charge < -0.3 is 9.63 Å². The van der Waals surface area contributed by atoms with E-state index in [0.717, 1.165) is 0 Å². The normalized spacial score (nSPS) is 10.9. The molecule has 15 heavy (non-hydrogen) atoms. The quantitative estimate of drug-likeness (QED) is 0.752. The highest BCUT2D eigenvalue weighted by Crippen LogP contribution is 2.14. The summed E-state index contributed by atoms with van der Waals surface area (Å²) in [6, 6.07) is 0. The summed E-state index contributed by atoms with van der Waals surface area (Å²) < 4.78 is 5.01. The van der Waals surface area contributed by atoms with Gasteiger partial charge in [-0.3, -0.25) is 4.79 Å². The van der Waals surface area contributed by atoms with E-state index in [1.807, 2.05) is 13.8 Å². The van der Waals surface area contributed by atoms with Crippen LogP contribution in [0, 0.1) is 0 Å². The van der Waals surface area contributed by atoms with Gasteiger partial charge in [0.05, 0.1) is 12.2 Å². The Morgan fingerprint density at radius 3 is 2.87 bits per heavy atom. The third-order valence-electron chi connectivity index (χ3n) is 1.67. The fourth-order valence-corrected chi connectivity index (χ4v) is 1.65. The molecule has 0 radical (unpaired) electrons. The van der Waals surface area contributed by atoms with Crippen LogP contribution in [-0.2, 0) is 10.5 Å². The second-order valence-corrected chi connectivity index (χ2v) is 4.51. The highest BCUT2D eigenvalue weighted by Gasteiger charge is 2.09. The van der Waals surface area contributed by atoms with Gasteiger partial charge in [0.1, 0.15) is 0 Å². The van der Waals surface area contributed by atoms with E-state index >= 15 is 0 Å². The van der Waals surface area contributed by atoms with Gasteiger partial charge in [0.25, 0.3) is 0 Å². The Hall–Kier alpha value is -1.04. The molecule has 1 heterocycles. The van der Waals surface area contributed by atoms with E-state index in [4.69, 9.17) is 9.63 Å². The van der Waals surface area contributed by atoms with Crippen LogP contribution in [0.5, 0.6) is 0 Å². The van der Waals surface area contributed by atoms with Crippen molar-refractivity contribution in [2.24, 2.45) is 0 Å². The minimum absolute atomic E-state index is 0.166. The van der Waals surface area contributed by atoms with Crippen molar-refractivity contribution in [1.82, 2.24) is 10.1 Å². The molecule has 0 fully saturated rings. The second-order valence-electron chi connectivity index (χ2n) is 3.40. The molecular formula is C9H14N2O3S. The molecule has 0 saturated heterocycles. The first kappa shape index (κ1) is 12.0. The van der Waals surface area contributed by atoms with Gasteiger partial charge in [0.2, 0.25) is 5.89 Å². The van der Waals surface area contributed by atoms with E-state index in [9.17, 15) is 4.79 Å². The molecule has 0 saturated carbocycles. The average Bonchev–Trinajstić information content (AvgIpc) is 2.60. The Bertz CT molecular complexity index is 325. The average molecular weight is 230 g/mol. The third kappa shape index (κ3) is 4.33. The van der Waals surface area contributed by atoms with Gasteiger partial charge in [-0.25, -0.2) is 0 Å². The third-order valence-corrected chi connectivity index (χ3v) is 2.62. The summed E-state index contributed by atoms with van der Waals surface area (Å²) >= 11 is 1.49. The van der Waals surface area contributed by atoms with Crippen molar-refractivity contribution in [2.45, 2.75) is 31.9 Å². The Balaban J connectivity index is 2.28. The lowest BCUT2D eigenvalue weighted by molar-refractivity contribution is -0.136. The molecule has 0 aliphatic carbocycles. The minimum atomic E-state index is -0.779. The molecule has 0 spiro atoms. The van der Waals surface area contributed by atoms with Crippen LogP contribution in [0.1, 0.15) is 37.9 Å². The molecular weight excluding hydrogens is 216 g/mol. The van der Waals surface area contributed by atoms with Gasteiger partial charge in [0, 0.05) is 11.7 Å². The number of hydrogen-bond donors (Lipinski definition) is 1. The van der Waals surface area contributed by atoms with Crippen molar-refractivity contribution in [2.75, 3.05) is 5.75 Å². The van der Waals surface area contributed by atoms with Crippen LogP contribution in [0.4, 0.5) is 0 Å². The monoisotopic (exact) mass is 230 g/mol. The van der Waals surface area contributed by atoms with Gasteiger partial charge >= 0.3 is 5.97 Å². The first-order valence-corrected chi connectivity index (χ1v) is 5.87. The summed E-state index contributed by atoms with van der Waals surface area (Å²) in [6.07, 6.45) is 0.166. The van der Waals surface area contributed by atoms with Crippen molar-refractivity contribution in [3.05, 3.63) is 11.7 Å². The summed E-state index contributed by atoms with van der Waals surface area (Å²) in [5.41, 5.74) is 0. The zero-order valence-corrected chi connectivity index (χ0v) is 9.58. The molecule has 1 rings (SSSR count). The molecule has 6 heteroatoms. The number of hydrogen-bond acceptors (Lipinski definition) is 5. The van der Waals surface area contributed by atoms with Crippen molar-refractivity contribution in [3.63, 3.8) is 0 Å². The predicted molar refractivity (Wildman–Crippen MR) is 56.8 cm³/mol. The standard InChI is InChI=1S/C9H14N2O3S/c1-6(2)9-10-7(11-14-9)5-15-4-3-8(12)13/h6H,3-5H2,1-2H3,(H,12,13). The minimum Gasteiger partial charge on any atom is -0.481 e. The van der Waals surface area contributed by atoms with Gasteiger partial charge in [-0.15, -0.1) is 0 Å². The first-order valence-electron chi connectivity index (χ1n) is 4.71. The molecule has 1 aromatic heterocycles. The number of carbonyl (C=O) groups is 1. The molecule has 0 atom stereocenters. The summed E-state index contributed by atoms with van der Waals surface area (Å²) in [5.74, 6) is 1.89. The van der Waals surface area contributed by atoms with Crippen LogP contribution < -0.4 is 0 Å². The number of thioether (sulfide) groups is 1. The first-order chi connectivity index (χ1) is 7.09. The Morgan fingerprint density at radius 2 is 2.33 bits per heavy atom. The van der Waals surface area contributed by atoms with Crippen molar-refractivity contribution >= 4 is 17.7 Å². The number of nitrogens with zero attached hydrogens (tertiary/aromatic N) is 2. The number of carboxylic acids is 1. The highest BCUT2D eigenvalue weighted by atomic mass is 32.2. The summed E-state index contributed by atoms with van der Waals surface area (Å²) in [5, 5.41) is 12.2. The van der Waals surface area contributed by atoms with Crippen LogP contribution in [0.2, 0.25) is 0 Å². The fourth-order valence-electron chi connectivity index (χ4n) is 0.884. The van der Waals surface area contributed by atoms with E-state index in [0.29, 0.717) is 23.2 Å². The summed E-state index contributed by atoms with van der Waals surface area (Å²) in [6.45, 7) is 3.96. The molecule has 0 unspecified atom stereocenters. The van der Waals surface area contributed by atoms with E-state index < -0.39 is 5.97 Å². The molecule has 1 N–H and O–H groups in total. The highest BCUT2D eigenvalue weighted by molar-refractivity contribution is 7.98. The van der Waals surface area contributed by atoms with Crippen molar-refractivity contribution in [3.8, 4) is 0 Å². The Morgan fingerprint density at radius 1 is 1.60 bits per heavy atom. The lowest BCUT2D eigenvalue weighted by atomic mass is 10.2. The topological polar surface area (TPSA) is 76.2 Å². The SMILES string of the molecule is CC(C)c1nc(CSCCC(=O)O)no1. The zero-order valence-electron chi connectivity index (χ0n) is 8.77. The molecule has 5 nitrogen and oxygen atoms in total. The maximum atomic E-state index is 10.2. The Kier molecular flexibility index (Phi) is 4.61. The smallest absolute Gasteiger partial charge is 0.304 e. The van der Waals surface area contributed by atoms with Gasteiger partial charge in [-0.05, 0) is 0 Å². The molecule has 0 amide bonds. The lowest BCUT2D eigenvalue weighted by Gasteiger charge is -1.94. The predicted octanol–water partition coefficient (Wildman–Crippen LogP) is 1.90. The van der Waals surface area contributed by atoms with Crippen LogP contribution in [0.25, 0.3) is 0 Å². The number of carboxylic acid groups (broad SMARTS) is 1. The fraction of sp³-hybridized carbons (Fsp3) is 0.667. The lowest BCUT2D eigenvalue weighted by Crippen LogP contribution is -1.96. The summed E-state index contributed by atoms with van der Waals surface area (Å²) in [7, 11) is 0. The van der Waals surface area contributed by atoms with Crippen LogP contribution in [0.3, 0.4) is 0 Å². The molecule has 0 aliphatic heterocycles. The molecule has 84 valence electrons. The molecule has 1 aromatic rings. The van der Waals surface area contributed by atoms with Crippen LogP contribution in [-0.4, -0.2) is 27.0 Å². The van der Waals surface area contributed by atoms with Crippen LogP contribution >= 0.6 is 11.8 Å². The Labute approximate surface area is 92.2 Å². The van der Waals surface area contributed by atoms with Crippen LogP contribution in [0.15, 0.2) is 4.52 Å².